The first kappa shape index (κ1) is 37.2. The third kappa shape index (κ3) is 8.19. The standard InChI is InChI=1S/C15H10Cl6O.C13H6Cl6O2/c1-6-7(13(20)10(17)4-9(6)16)3-8-14(21)11(18)5-12(19)15(8)22-2;14-6-2-8(16)12(20)4(10(6)18)1-5-11(19)7(15)3-9(17)13(5)21/h4-5H,3H2,1-2H3;2-3,20-21H,1H2. The van der Waals surface area contributed by atoms with Crippen LogP contribution in [0, 0.1) is 6.92 Å². The SMILES string of the molecule is COc1c(Cl)cc(Cl)c(Cl)c1Cc1c(C)c(Cl)cc(Cl)c1Cl.Oc1c(Cl)cc(Cl)c(Cl)c1Cc1c(O)c(Cl)cc(Cl)c1Cl. The van der Waals surface area contributed by atoms with E-state index < -0.39 is 0 Å². The average Bonchev–Trinajstić information content (AvgIpc) is 2.94. The van der Waals surface area contributed by atoms with E-state index in [0.29, 0.717) is 47.9 Å². The molecule has 0 saturated carbocycles. The number of halogens is 12. The Kier molecular flexibility index (Phi) is 13.5. The summed E-state index contributed by atoms with van der Waals surface area (Å²) in [6.07, 6.45) is 0.295. The maximum absolute atomic E-state index is 10.0. The van der Waals surface area contributed by atoms with E-state index in [1.54, 1.807) is 6.07 Å². The maximum Gasteiger partial charge on any atom is 0.142 e. The van der Waals surface area contributed by atoms with Crippen LogP contribution >= 0.6 is 139 Å². The molecule has 0 aliphatic carbocycles. The Labute approximate surface area is 307 Å². The van der Waals surface area contributed by atoms with Crippen molar-refractivity contribution >= 4 is 139 Å². The highest BCUT2D eigenvalue weighted by Crippen LogP contribution is 2.45. The number of hydrogen-bond acceptors (Lipinski definition) is 3. The molecular weight excluding hydrogens is 810 g/mol. The van der Waals surface area contributed by atoms with Crippen molar-refractivity contribution < 1.29 is 14.9 Å². The van der Waals surface area contributed by atoms with Gasteiger partial charge in [0.15, 0.2) is 0 Å². The number of phenols is 2. The van der Waals surface area contributed by atoms with Crippen LogP contribution in [0.15, 0.2) is 24.3 Å². The minimum absolute atomic E-state index is 0.0307. The predicted octanol–water partition coefficient (Wildman–Crippen LogP) is 14.1. The lowest BCUT2D eigenvalue weighted by Gasteiger charge is -2.17. The van der Waals surface area contributed by atoms with Crippen LogP contribution in [0.5, 0.6) is 17.2 Å². The Bertz CT molecular complexity index is 1580. The van der Waals surface area contributed by atoms with E-state index >= 15 is 0 Å². The molecule has 0 aliphatic heterocycles. The maximum atomic E-state index is 10.0. The minimum atomic E-state index is -0.252. The van der Waals surface area contributed by atoms with Gasteiger partial charge in [0.25, 0.3) is 0 Å². The van der Waals surface area contributed by atoms with Gasteiger partial charge in [-0.3, -0.25) is 0 Å². The molecular formula is C28H16Cl12O3. The minimum Gasteiger partial charge on any atom is -0.506 e. The predicted molar refractivity (Wildman–Crippen MR) is 186 cm³/mol. The zero-order valence-corrected chi connectivity index (χ0v) is 30.6. The van der Waals surface area contributed by atoms with Crippen LogP contribution in [0.25, 0.3) is 0 Å². The first-order valence-electron chi connectivity index (χ1n) is 11.6. The fourth-order valence-corrected chi connectivity index (χ4v) is 6.88. The fraction of sp³-hybridized carbons (Fsp3) is 0.143. The zero-order chi connectivity index (χ0) is 32.5. The van der Waals surface area contributed by atoms with Crippen molar-refractivity contribution in [2.75, 3.05) is 7.11 Å². The number of hydrogen-bond donors (Lipinski definition) is 2. The summed E-state index contributed by atoms with van der Waals surface area (Å²) in [5, 5.41) is 23.0. The molecule has 0 amide bonds. The summed E-state index contributed by atoms with van der Waals surface area (Å²) in [7, 11) is 1.51. The second kappa shape index (κ2) is 15.6. The topological polar surface area (TPSA) is 49.7 Å². The van der Waals surface area contributed by atoms with Crippen LogP contribution in [0.4, 0.5) is 0 Å². The summed E-state index contributed by atoms with van der Waals surface area (Å²) in [6, 6.07) is 5.77. The lowest BCUT2D eigenvalue weighted by molar-refractivity contribution is 0.411. The molecule has 0 aromatic heterocycles. The van der Waals surface area contributed by atoms with E-state index in [0.717, 1.165) is 11.1 Å². The smallest absolute Gasteiger partial charge is 0.142 e. The van der Waals surface area contributed by atoms with Gasteiger partial charge < -0.3 is 14.9 Å². The summed E-state index contributed by atoms with van der Waals surface area (Å²) < 4.78 is 5.34. The third-order valence-electron chi connectivity index (χ3n) is 6.15. The second-order valence-electron chi connectivity index (χ2n) is 8.74. The highest BCUT2D eigenvalue weighted by molar-refractivity contribution is 6.46. The molecule has 0 bridgehead atoms. The van der Waals surface area contributed by atoms with Crippen LogP contribution in [0.2, 0.25) is 60.3 Å². The molecule has 4 aromatic rings. The summed E-state index contributed by atoms with van der Waals surface area (Å²) in [5.74, 6) is -0.0575. The van der Waals surface area contributed by atoms with Crippen molar-refractivity contribution in [3.8, 4) is 17.2 Å². The fourth-order valence-electron chi connectivity index (χ4n) is 3.90. The molecule has 4 aromatic carbocycles. The lowest BCUT2D eigenvalue weighted by atomic mass is 9.99. The molecule has 0 heterocycles. The normalized spacial score (nSPS) is 10.9. The van der Waals surface area contributed by atoms with E-state index in [1.807, 2.05) is 6.92 Å². The number of ether oxygens (including phenoxy) is 1. The van der Waals surface area contributed by atoms with Crippen molar-refractivity contribution in [3.05, 3.63) is 112 Å². The summed E-state index contributed by atoms with van der Waals surface area (Å²) >= 11 is 72.8. The van der Waals surface area contributed by atoms with Gasteiger partial charge in [-0.25, -0.2) is 0 Å². The van der Waals surface area contributed by atoms with Crippen molar-refractivity contribution in [2.45, 2.75) is 19.8 Å². The molecule has 0 radical (unpaired) electrons. The van der Waals surface area contributed by atoms with Gasteiger partial charge in [-0.1, -0.05) is 139 Å². The molecule has 0 saturated heterocycles. The van der Waals surface area contributed by atoms with E-state index in [-0.39, 0.29) is 59.2 Å². The van der Waals surface area contributed by atoms with Crippen LogP contribution < -0.4 is 4.74 Å². The zero-order valence-electron chi connectivity index (χ0n) is 21.6. The first-order chi connectivity index (χ1) is 20.0. The number of aromatic hydroxyl groups is 2. The van der Waals surface area contributed by atoms with E-state index in [4.69, 9.17) is 144 Å². The molecule has 15 heteroatoms. The van der Waals surface area contributed by atoms with E-state index in [9.17, 15) is 10.2 Å². The van der Waals surface area contributed by atoms with Crippen molar-refractivity contribution in [1.29, 1.82) is 0 Å². The Hall–Kier alpha value is -0.240. The monoisotopic (exact) mass is 820 g/mol. The van der Waals surface area contributed by atoms with Gasteiger partial charge in [-0.2, -0.15) is 0 Å². The Morgan fingerprint density at radius 1 is 0.465 bits per heavy atom. The van der Waals surface area contributed by atoms with Crippen molar-refractivity contribution in [2.24, 2.45) is 0 Å². The van der Waals surface area contributed by atoms with Gasteiger partial charge >= 0.3 is 0 Å². The van der Waals surface area contributed by atoms with Crippen LogP contribution in [0.3, 0.4) is 0 Å². The molecule has 0 aliphatic rings. The number of phenolic OH excluding ortho intramolecular Hbond substituents is 2. The molecule has 0 atom stereocenters. The second-order valence-corrected chi connectivity index (χ2v) is 13.5. The molecule has 0 spiro atoms. The summed E-state index contributed by atoms with van der Waals surface area (Å²) in [5.41, 5.74) is 2.61. The third-order valence-corrected chi connectivity index (χ3v) is 10.7. The van der Waals surface area contributed by atoms with Crippen LogP contribution in [0.1, 0.15) is 27.8 Å². The van der Waals surface area contributed by atoms with Gasteiger partial charge in [0.1, 0.15) is 17.2 Å². The lowest BCUT2D eigenvalue weighted by Crippen LogP contribution is -2.00. The molecule has 3 nitrogen and oxygen atoms in total. The number of rotatable bonds is 5. The highest BCUT2D eigenvalue weighted by atomic mass is 35.5. The Morgan fingerprint density at radius 3 is 1.21 bits per heavy atom. The Balaban J connectivity index is 0.000000236. The largest absolute Gasteiger partial charge is 0.506 e. The molecule has 2 N–H and O–H groups in total. The average molecular weight is 826 g/mol. The molecule has 230 valence electrons. The van der Waals surface area contributed by atoms with Gasteiger partial charge in [-0.05, 0) is 42.3 Å². The van der Waals surface area contributed by atoms with Crippen molar-refractivity contribution in [1.82, 2.24) is 0 Å². The quantitative estimate of drug-likeness (QED) is 0.197. The molecule has 43 heavy (non-hydrogen) atoms. The van der Waals surface area contributed by atoms with Crippen LogP contribution in [-0.2, 0) is 12.8 Å². The summed E-state index contributed by atoms with van der Waals surface area (Å²) in [6.45, 7) is 1.85. The first-order valence-corrected chi connectivity index (χ1v) is 16.1. The number of methoxy groups -OCH3 is 1. The van der Waals surface area contributed by atoms with Gasteiger partial charge in [0, 0.05) is 34.6 Å². The van der Waals surface area contributed by atoms with Gasteiger partial charge in [0.2, 0.25) is 0 Å². The van der Waals surface area contributed by atoms with Gasteiger partial charge in [0.05, 0.1) is 62.4 Å². The van der Waals surface area contributed by atoms with Crippen LogP contribution in [-0.4, -0.2) is 17.3 Å². The van der Waals surface area contributed by atoms with E-state index in [2.05, 4.69) is 0 Å². The Morgan fingerprint density at radius 2 is 0.791 bits per heavy atom. The summed E-state index contributed by atoms with van der Waals surface area (Å²) in [4.78, 5) is 0. The van der Waals surface area contributed by atoms with E-state index in [1.165, 1.54) is 25.3 Å². The molecule has 4 rings (SSSR count). The number of benzene rings is 4. The van der Waals surface area contributed by atoms with Gasteiger partial charge in [-0.15, -0.1) is 0 Å². The molecule has 0 fully saturated rings. The molecule has 0 unspecified atom stereocenters. The highest BCUT2D eigenvalue weighted by Gasteiger charge is 2.22. The van der Waals surface area contributed by atoms with Crippen molar-refractivity contribution in [3.63, 3.8) is 0 Å².